The number of carbonyl (C=O) groups excluding carboxylic acids is 2. The summed E-state index contributed by atoms with van der Waals surface area (Å²) in [5, 5.41) is 0. The van der Waals surface area contributed by atoms with Crippen LogP contribution in [0.4, 0.5) is 0 Å². The quantitative estimate of drug-likeness (QED) is 0.769. The molecule has 27 heavy (non-hydrogen) atoms. The third-order valence-electron chi connectivity index (χ3n) is 5.90. The topological polar surface area (TPSA) is 62.7 Å². The molecule has 2 aliphatic rings. The van der Waals surface area contributed by atoms with Crippen molar-refractivity contribution in [3.05, 3.63) is 30.1 Å². The summed E-state index contributed by atoms with van der Waals surface area (Å²) in [6.07, 6.45) is 7.57. The summed E-state index contributed by atoms with van der Waals surface area (Å²) >= 11 is 0. The molecule has 148 valence electrons. The van der Waals surface area contributed by atoms with E-state index in [-0.39, 0.29) is 23.3 Å². The molecule has 2 amide bonds. The van der Waals surface area contributed by atoms with E-state index in [2.05, 4.69) is 4.98 Å². The highest BCUT2D eigenvalue weighted by atomic mass is 16.5. The van der Waals surface area contributed by atoms with Gasteiger partial charge < -0.3 is 14.5 Å². The molecule has 6 heteroatoms. The molecule has 3 rings (SSSR count). The van der Waals surface area contributed by atoms with E-state index >= 15 is 0 Å². The van der Waals surface area contributed by atoms with Gasteiger partial charge in [-0.05, 0) is 49.7 Å². The highest BCUT2D eigenvalue weighted by molar-refractivity contribution is 5.80. The van der Waals surface area contributed by atoms with E-state index in [1.165, 1.54) is 0 Å². The lowest BCUT2D eigenvalue weighted by atomic mass is 9.72. The second kappa shape index (κ2) is 8.83. The number of nitrogens with zero attached hydrogens (tertiary/aromatic N) is 3. The first-order valence-electron chi connectivity index (χ1n) is 10.1. The van der Waals surface area contributed by atoms with E-state index in [9.17, 15) is 9.59 Å². The molecule has 2 saturated heterocycles. The number of ether oxygens (including phenoxy) is 1. The Bertz CT molecular complexity index is 641. The van der Waals surface area contributed by atoms with Gasteiger partial charge in [-0.25, -0.2) is 0 Å². The first kappa shape index (κ1) is 19.8. The zero-order valence-electron chi connectivity index (χ0n) is 16.5. The number of piperidine rings is 2. The lowest BCUT2D eigenvalue weighted by molar-refractivity contribution is -0.148. The third kappa shape index (κ3) is 4.86. The van der Waals surface area contributed by atoms with Crippen molar-refractivity contribution in [1.82, 2.24) is 14.8 Å². The average molecular weight is 373 g/mol. The highest BCUT2D eigenvalue weighted by Crippen LogP contribution is 2.40. The molecule has 2 fully saturated rings. The van der Waals surface area contributed by atoms with Gasteiger partial charge in [0.1, 0.15) is 6.10 Å². The number of hydrogen-bond donors (Lipinski definition) is 0. The van der Waals surface area contributed by atoms with E-state index in [1.807, 2.05) is 42.0 Å². The van der Waals surface area contributed by atoms with Crippen molar-refractivity contribution in [3.8, 4) is 0 Å². The molecule has 1 aromatic heterocycles. The molecular weight excluding hydrogens is 342 g/mol. The Kier molecular flexibility index (Phi) is 6.47. The van der Waals surface area contributed by atoms with Crippen molar-refractivity contribution in [2.24, 2.45) is 5.41 Å². The van der Waals surface area contributed by atoms with Gasteiger partial charge in [0.2, 0.25) is 5.91 Å². The van der Waals surface area contributed by atoms with Crippen LogP contribution in [0.25, 0.3) is 0 Å². The number of aromatic nitrogens is 1. The minimum atomic E-state index is -0.367. The average Bonchev–Trinajstić information content (AvgIpc) is 2.70. The van der Waals surface area contributed by atoms with Gasteiger partial charge in [0.25, 0.3) is 5.91 Å². The van der Waals surface area contributed by atoms with Crippen molar-refractivity contribution in [1.29, 1.82) is 0 Å². The molecular formula is C21H31N3O3. The summed E-state index contributed by atoms with van der Waals surface area (Å²) < 4.78 is 5.59. The molecule has 0 aliphatic carbocycles. The van der Waals surface area contributed by atoms with E-state index in [4.69, 9.17) is 4.74 Å². The number of amides is 2. The van der Waals surface area contributed by atoms with Gasteiger partial charge in [0, 0.05) is 51.6 Å². The lowest BCUT2D eigenvalue weighted by Gasteiger charge is -2.47. The Balaban J connectivity index is 1.56. The second-order valence-corrected chi connectivity index (χ2v) is 7.95. The fraction of sp³-hybridized carbons (Fsp3) is 0.667. The van der Waals surface area contributed by atoms with Crippen LogP contribution in [-0.2, 0) is 20.9 Å². The number of rotatable bonds is 6. The summed E-state index contributed by atoms with van der Waals surface area (Å²) in [6.45, 7) is 7.43. The monoisotopic (exact) mass is 373 g/mol. The van der Waals surface area contributed by atoms with Crippen molar-refractivity contribution in [2.75, 3.05) is 26.2 Å². The summed E-state index contributed by atoms with van der Waals surface area (Å²) in [5.74, 6) is 0.321. The molecule has 0 saturated carbocycles. The molecule has 6 nitrogen and oxygen atoms in total. The Labute approximate surface area is 161 Å². The van der Waals surface area contributed by atoms with Crippen LogP contribution in [0.2, 0.25) is 0 Å². The van der Waals surface area contributed by atoms with Gasteiger partial charge >= 0.3 is 0 Å². The zero-order chi connectivity index (χ0) is 19.3. The summed E-state index contributed by atoms with van der Waals surface area (Å²) in [5.41, 5.74) is 1.21. The van der Waals surface area contributed by atoms with Crippen molar-refractivity contribution < 1.29 is 14.3 Å². The number of hydrogen-bond acceptors (Lipinski definition) is 4. The van der Waals surface area contributed by atoms with Gasteiger partial charge in [-0.15, -0.1) is 0 Å². The molecule has 2 aliphatic heterocycles. The third-order valence-corrected chi connectivity index (χ3v) is 5.90. The summed E-state index contributed by atoms with van der Waals surface area (Å²) in [7, 11) is 0. The predicted molar refractivity (Wildman–Crippen MR) is 103 cm³/mol. The standard InChI is InChI=1S/C21H31N3O3/c1-3-13-27-17(2)20(26)23-11-8-21(9-12-23)7-6-19(25)24(16-21)15-18-5-4-10-22-14-18/h4-5,10,14,17H,3,6-9,11-13,15-16H2,1-2H3/t17-/m1/s1. The zero-order valence-corrected chi connectivity index (χ0v) is 16.5. The Morgan fingerprint density at radius 2 is 2.11 bits per heavy atom. The molecule has 0 aromatic carbocycles. The maximum Gasteiger partial charge on any atom is 0.251 e. The number of pyridine rings is 1. The van der Waals surface area contributed by atoms with Crippen LogP contribution >= 0.6 is 0 Å². The molecule has 1 atom stereocenters. The maximum absolute atomic E-state index is 12.6. The molecule has 0 bridgehead atoms. The first-order valence-corrected chi connectivity index (χ1v) is 10.1. The molecule has 0 N–H and O–H groups in total. The van der Waals surface area contributed by atoms with Crippen LogP contribution in [0.5, 0.6) is 0 Å². The fourth-order valence-corrected chi connectivity index (χ4v) is 4.19. The van der Waals surface area contributed by atoms with Crippen molar-refractivity contribution in [2.45, 2.75) is 58.6 Å². The van der Waals surface area contributed by atoms with Gasteiger partial charge in [-0.2, -0.15) is 0 Å². The smallest absolute Gasteiger partial charge is 0.251 e. The van der Waals surface area contributed by atoms with E-state index in [1.54, 1.807) is 6.20 Å². The fourth-order valence-electron chi connectivity index (χ4n) is 4.19. The van der Waals surface area contributed by atoms with Crippen LogP contribution in [0.1, 0.15) is 51.5 Å². The van der Waals surface area contributed by atoms with E-state index in [0.29, 0.717) is 19.6 Å². The lowest BCUT2D eigenvalue weighted by Crippen LogP contribution is -2.53. The van der Waals surface area contributed by atoms with Crippen LogP contribution in [0.3, 0.4) is 0 Å². The minimum Gasteiger partial charge on any atom is -0.369 e. The normalized spacial score (nSPS) is 20.7. The molecule has 0 unspecified atom stereocenters. The van der Waals surface area contributed by atoms with Crippen molar-refractivity contribution >= 4 is 11.8 Å². The first-order chi connectivity index (χ1) is 13.0. The van der Waals surface area contributed by atoms with E-state index < -0.39 is 0 Å². The SMILES string of the molecule is CCCO[C@H](C)C(=O)N1CCC2(CCC(=O)N(Cc3cccnc3)C2)CC1. The predicted octanol–water partition coefficient (Wildman–Crippen LogP) is 2.63. The van der Waals surface area contributed by atoms with Crippen LogP contribution in [-0.4, -0.2) is 58.9 Å². The Morgan fingerprint density at radius 3 is 2.78 bits per heavy atom. The van der Waals surface area contributed by atoms with Gasteiger partial charge in [-0.3, -0.25) is 14.6 Å². The minimum absolute atomic E-state index is 0.0948. The molecule has 1 spiro atoms. The van der Waals surface area contributed by atoms with Crippen LogP contribution in [0.15, 0.2) is 24.5 Å². The summed E-state index contributed by atoms with van der Waals surface area (Å²) in [6, 6.07) is 3.92. The van der Waals surface area contributed by atoms with Crippen molar-refractivity contribution in [3.63, 3.8) is 0 Å². The Morgan fingerprint density at radius 1 is 1.33 bits per heavy atom. The second-order valence-electron chi connectivity index (χ2n) is 7.95. The molecule has 0 radical (unpaired) electrons. The summed E-state index contributed by atoms with van der Waals surface area (Å²) in [4.78, 5) is 33.0. The molecule has 3 heterocycles. The molecule has 1 aromatic rings. The maximum atomic E-state index is 12.6. The largest absolute Gasteiger partial charge is 0.369 e. The van der Waals surface area contributed by atoms with Crippen LogP contribution < -0.4 is 0 Å². The van der Waals surface area contributed by atoms with Gasteiger partial charge in [-0.1, -0.05) is 13.0 Å². The van der Waals surface area contributed by atoms with Gasteiger partial charge in [0.05, 0.1) is 0 Å². The number of likely N-dealkylation sites (tertiary alicyclic amines) is 2. The highest BCUT2D eigenvalue weighted by Gasteiger charge is 2.42. The van der Waals surface area contributed by atoms with E-state index in [0.717, 1.165) is 50.9 Å². The Hall–Kier alpha value is -1.95. The van der Waals surface area contributed by atoms with Gasteiger partial charge in [0.15, 0.2) is 0 Å². The van der Waals surface area contributed by atoms with Crippen LogP contribution in [0, 0.1) is 5.41 Å². The number of carbonyl (C=O) groups is 2.